The van der Waals surface area contributed by atoms with Crippen LogP contribution in [-0.4, -0.2) is 4.98 Å². The van der Waals surface area contributed by atoms with Crippen LogP contribution < -0.4 is 0 Å². The average molecular weight is 127 g/mol. The minimum Gasteiger partial charge on any atom is -0.246 e. The van der Waals surface area contributed by atoms with Gasteiger partial charge in [-0.15, -0.1) is 0 Å². The molecule has 1 heterocycles. The molecule has 1 nitrogen and oxygen atoms in total. The van der Waals surface area contributed by atoms with E-state index >= 15 is 0 Å². The molecule has 10 heavy (non-hydrogen) atoms. The third-order valence-corrected chi connectivity index (χ3v) is 1.37. The van der Waals surface area contributed by atoms with Gasteiger partial charge in [0.25, 0.3) is 0 Å². The van der Waals surface area contributed by atoms with E-state index in [-0.39, 0.29) is 0 Å². The Morgan fingerprint density at radius 2 is 2.20 bits per heavy atom. The maximum atomic E-state index is 4.02. The molecular formula is C9H5N. The molecule has 0 atom stereocenters. The Morgan fingerprint density at radius 3 is 3.10 bits per heavy atom. The Bertz CT molecular complexity index is 276. The van der Waals surface area contributed by atoms with Gasteiger partial charge < -0.3 is 0 Å². The van der Waals surface area contributed by atoms with Crippen LogP contribution in [0.3, 0.4) is 0 Å². The molecule has 1 aromatic carbocycles. The third kappa shape index (κ3) is 0.760. The highest BCUT2D eigenvalue weighted by atomic mass is 14.6. The summed E-state index contributed by atoms with van der Waals surface area (Å²) in [6.07, 6.45) is 2.77. The molecule has 0 aliphatic carbocycles. The normalized spacial score (nSPS) is 10.0. The summed E-state index contributed by atoms with van der Waals surface area (Å²) in [6, 6.07) is 12.6. The van der Waals surface area contributed by atoms with Crippen molar-refractivity contribution in [3.05, 3.63) is 42.6 Å². The first kappa shape index (κ1) is 5.42. The van der Waals surface area contributed by atoms with Crippen molar-refractivity contribution in [2.45, 2.75) is 0 Å². The summed E-state index contributed by atoms with van der Waals surface area (Å²) in [7, 11) is 0. The number of hydrogen-bond acceptors (Lipinski definition) is 1. The summed E-state index contributed by atoms with van der Waals surface area (Å²) in [6.45, 7) is 0. The second-order valence-corrected chi connectivity index (χ2v) is 2.04. The fourth-order valence-corrected chi connectivity index (χ4v) is 0.899. The molecule has 0 spiro atoms. The van der Waals surface area contributed by atoms with Gasteiger partial charge in [-0.05, 0) is 24.3 Å². The van der Waals surface area contributed by atoms with Crippen molar-refractivity contribution in [2.75, 3.05) is 0 Å². The van der Waals surface area contributed by atoms with E-state index in [1.807, 2.05) is 24.3 Å². The third-order valence-electron chi connectivity index (χ3n) is 1.37. The average Bonchev–Trinajstić information content (AvgIpc) is 2.05. The molecule has 2 radical (unpaired) electrons. The molecule has 0 bridgehead atoms. The first-order chi connectivity index (χ1) is 4.97. The number of pyridine rings is 1. The summed E-state index contributed by atoms with van der Waals surface area (Å²) < 4.78 is 0. The summed E-state index contributed by atoms with van der Waals surface area (Å²) in [5.41, 5.74) is 0.949. The predicted octanol–water partition coefficient (Wildman–Crippen LogP) is 1.84. The first-order valence-electron chi connectivity index (χ1n) is 3.10. The number of hydrogen-bond donors (Lipinski definition) is 0. The molecule has 0 aliphatic rings. The molecule has 0 aliphatic heterocycles. The van der Waals surface area contributed by atoms with Gasteiger partial charge in [0.05, 0.1) is 11.7 Å². The van der Waals surface area contributed by atoms with Crippen molar-refractivity contribution < 1.29 is 0 Å². The van der Waals surface area contributed by atoms with Crippen LogP contribution in [0.1, 0.15) is 0 Å². The second kappa shape index (κ2) is 2.10. The highest BCUT2D eigenvalue weighted by Gasteiger charge is 1.87. The van der Waals surface area contributed by atoms with Gasteiger partial charge >= 0.3 is 0 Å². The van der Waals surface area contributed by atoms with Crippen molar-refractivity contribution in [2.24, 2.45) is 0 Å². The molecule has 1 aromatic heterocycles. The highest BCUT2D eigenvalue weighted by Crippen LogP contribution is 2.06. The van der Waals surface area contributed by atoms with E-state index in [4.69, 9.17) is 0 Å². The molecule has 46 valence electrons. The van der Waals surface area contributed by atoms with Crippen LogP contribution in [0.25, 0.3) is 10.9 Å². The summed E-state index contributed by atoms with van der Waals surface area (Å²) in [5, 5.41) is 1.04. The smallest absolute Gasteiger partial charge is 0.0894 e. The largest absolute Gasteiger partial charge is 0.246 e. The quantitative estimate of drug-likeness (QED) is 0.526. The zero-order valence-electron chi connectivity index (χ0n) is 5.33. The molecule has 0 unspecified atom stereocenters. The van der Waals surface area contributed by atoms with Gasteiger partial charge in [-0.25, -0.2) is 4.98 Å². The number of benzene rings is 1. The molecule has 0 saturated heterocycles. The Kier molecular flexibility index (Phi) is 1.14. The van der Waals surface area contributed by atoms with Crippen molar-refractivity contribution in [1.82, 2.24) is 4.98 Å². The zero-order chi connectivity index (χ0) is 6.81. The van der Waals surface area contributed by atoms with Crippen molar-refractivity contribution in [3.8, 4) is 0 Å². The Labute approximate surface area is 59.3 Å². The van der Waals surface area contributed by atoms with Crippen LogP contribution >= 0.6 is 0 Å². The standard InChI is InChI=1S/C9H5N/c1-2-6-9-8(4-1)5-3-7-10-9/h1-3,5-6H. The van der Waals surface area contributed by atoms with Crippen LogP contribution in [0.15, 0.2) is 30.3 Å². The molecule has 0 saturated carbocycles. The Balaban J connectivity index is 2.89. The summed E-state index contributed by atoms with van der Waals surface area (Å²) in [4.78, 5) is 4.02. The monoisotopic (exact) mass is 127 g/mol. The molecule has 0 N–H and O–H groups in total. The molecule has 1 heteroatoms. The lowest BCUT2D eigenvalue weighted by atomic mass is 10.2. The van der Waals surface area contributed by atoms with Gasteiger partial charge in [0.2, 0.25) is 0 Å². The van der Waals surface area contributed by atoms with Gasteiger partial charge in [0, 0.05) is 5.39 Å². The van der Waals surface area contributed by atoms with E-state index in [2.05, 4.69) is 17.2 Å². The number of fused-ring (bicyclic) bond motifs is 1. The van der Waals surface area contributed by atoms with Crippen molar-refractivity contribution >= 4 is 10.9 Å². The van der Waals surface area contributed by atoms with Gasteiger partial charge in [0.15, 0.2) is 0 Å². The maximum absolute atomic E-state index is 4.02. The van der Waals surface area contributed by atoms with Crippen molar-refractivity contribution in [1.29, 1.82) is 0 Å². The predicted molar refractivity (Wildman–Crippen MR) is 39.4 cm³/mol. The number of rotatable bonds is 0. The van der Waals surface area contributed by atoms with Crippen molar-refractivity contribution in [3.63, 3.8) is 0 Å². The van der Waals surface area contributed by atoms with E-state index in [1.54, 1.807) is 6.07 Å². The molecule has 0 amide bonds. The van der Waals surface area contributed by atoms with Gasteiger partial charge in [0.1, 0.15) is 0 Å². The van der Waals surface area contributed by atoms with Crippen LogP contribution in [0.5, 0.6) is 0 Å². The molecular weight excluding hydrogens is 122 g/mol. The molecule has 2 aromatic rings. The van der Waals surface area contributed by atoms with Crippen LogP contribution in [0.4, 0.5) is 0 Å². The lowest BCUT2D eigenvalue weighted by Gasteiger charge is -1.90. The molecule has 2 rings (SSSR count). The first-order valence-corrected chi connectivity index (χ1v) is 3.10. The van der Waals surface area contributed by atoms with E-state index in [0.717, 1.165) is 10.9 Å². The number of aromatic nitrogens is 1. The van der Waals surface area contributed by atoms with Crippen LogP contribution in [-0.2, 0) is 0 Å². The SMILES string of the molecule is [c]1ccc2[c]cccc2n1. The van der Waals surface area contributed by atoms with E-state index in [9.17, 15) is 0 Å². The second-order valence-electron chi connectivity index (χ2n) is 2.04. The number of nitrogens with zero attached hydrogens (tertiary/aromatic N) is 1. The summed E-state index contributed by atoms with van der Waals surface area (Å²) >= 11 is 0. The van der Waals surface area contributed by atoms with E-state index in [0.29, 0.717) is 0 Å². The lowest BCUT2D eigenvalue weighted by Crippen LogP contribution is -1.74. The molecule has 0 fully saturated rings. The van der Waals surface area contributed by atoms with Crippen LogP contribution in [0.2, 0.25) is 0 Å². The fraction of sp³-hybridized carbons (Fsp3) is 0. The lowest BCUT2D eigenvalue weighted by molar-refractivity contribution is 1.39. The van der Waals surface area contributed by atoms with Gasteiger partial charge in [-0.1, -0.05) is 12.1 Å². The highest BCUT2D eigenvalue weighted by molar-refractivity contribution is 5.76. The minimum absolute atomic E-state index is 0.949. The van der Waals surface area contributed by atoms with E-state index < -0.39 is 0 Å². The fourth-order valence-electron chi connectivity index (χ4n) is 0.899. The topological polar surface area (TPSA) is 12.9 Å². The zero-order valence-corrected chi connectivity index (χ0v) is 5.33. The van der Waals surface area contributed by atoms with Crippen LogP contribution in [0, 0.1) is 12.3 Å². The Hall–Kier alpha value is -1.37. The van der Waals surface area contributed by atoms with Gasteiger partial charge in [-0.2, -0.15) is 0 Å². The van der Waals surface area contributed by atoms with Gasteiger partial charge in [-0.3, -0.25) is 0 Å². The minimum atomic E-state index is 0.949. The maximum Gasteiger partial charge on any atom is 0.0894 e. The Morgan fingerprint density at radius 1 is 1.20 bits per heavy atom. The summed E-state index contributed by atoms with van der Waals surface area (Å²) in [5.74, 6) is 0. The van der Waals surface area contributed by atoms with E-state index in [1.165, 1.54) is 0 Å².